The fraction of sp³-hybridized carbons (Fsp3) is 0.250. The normalized spacial score (nSPS) is 10.9. The number of fused-ring (bicyclic) bond motifs is 1. The zero-order valence-electron chi connectivity index (χ0n) is 8.63. The topological polar surface area (TPSA) is 38.9 Å². The van der Waals surface area contributed by atoms with Gasteiger partial charge in [-0.15, -0.1) is 0 Å². The summed E-state index contributed by atoms with van der Waals surface area (Å²) in [4.78, 5) is 4.35. The van der Waals surface area contributed by atoms with Crippen LogP contribution >= 0.6 is 0 Å². The third kappa shape index (κ3) is 1.97. The smallest absolute Gasteiger partial charge is 0.123 e. The van der Waals surface area contributed by atoms with Crippen LogP contribution < -0.4 is 5.73 Å². The number of aromatic nitrogens is 1. The lowest BCUT2D eigenvalue weighted by Crippen LogP contribution is -2.04. The molecule has 0 radical (unpaired) electrons. The molecule has 0 unspecified atom stereocenters. The average Bonchev–Trinajstić information content (AvgIpc) is 2.19. The minimum atomic E-state index is -0.230. The highest BCUT2D eigenvalue weighted by molar-refractivity contribution is 5.82. The van der Waals surface area contributed by atoms with Gasteiger partial charge in [0.1, 0.15) is 5.82 Å². The summed E-state index contributed by atoms with van der Waals surface area (Å²) in [6.45, 7) is 2.50. The summed E-state index contributed by atoms with van der Waals surface area (Å²) in [7, 11) is 0. The maximum absolute atomic E-state index is 13.1. The van der Waals surface area contributed by atoms with E-state index in [9.17, 15) is 4.39 Å². The lowest BCUT2D eigenvalue weighted by atomic mass is 10.0. The number of halogens is 1. The number of hydrogen-bond acceptors (Lipinski definition) is 2. The van der Waals surface area contributed by atoms with Crippen LogP contribution in [0, 0.1) is 12.7 Å². The Balaban J connectivity index is 2.70. The van der Waals surface area contributed by atoms with Gasteiger partial charge in [0.25, 0.3) is 0 Å². The number of nitrogens with two attached hydrogens (primary N) is 1. The summed E-state index contributed by atoms with van der Waals surface area (Å²) >= 11 is 0. The highest BCUT2D eigenvalue weighted by Gasteiger charge is 2.04. The second-order valence-electron chi connectivity index (χ2n) is 3.62. The van der Waals surface area contributed by atoms with E-state index in [1.807, 2.05) is 13.0 Å². The van der Waals surface area contributed by atoms with Crippen molar-refractivity contribution in [2.75, 3.05) is 6.54 Å². The predicted octanol–water partition coefficient (Wildman–Crippen LogP) is 2.18. The van der Waals surface area contributed by atoms with Gasteiger partial charge in [-0.1, -0.05) is 0 Å². The molecule has 2 aromatic rings. The van der Waals surface area contributed by atoms with E-state index in [1.54, 1.807) is 6.07 Å². The molecule has 0 saturated heterocycles. The zero-order valence-corrected chi connectivity index (χ0v) is 8.63. The number of pyridine rings is 1. The van der Waals surface area contributed by atoms with Gasteiger partial charge in [-0.05, 0) is 49.7 Å². The summed E-state index contributed by atoms with van der Waals surface area (Å²) in [6.07, 6.45) is 0.753. The van der Waals surface area contributed by atoms with E-state index < -0.39 is 0 Å². The van der Waals surface area contributed by atoms with Gasteiger partial charge in [0, 0.05) is 11.1 Å². The molecule has 2 N–H and O–H groups in total. The summed E-state index contributed by atoms with van der Waals surface area (Å²) in [6, 6.07) is 6.63. The molecule has 15 heavy (non-hydrogen) atoms. The summed E-state index contributed by atoms with van der Waals surface area (Å²) in [5.41, 5.74) is 8.37. The standard InChI is InChI=1S/C12H13FN2/c1-8-6-9(4-5-14)11-7-10(13)2-3-12(11)15-8/h2-3,6-7H,4-5,14H2,1H3. The Labute approximate surface area is 87.9 Å². The fourth-order valence-electron chi connectivity index (χ4n) is 1.78. The molecule has 0 fully saturated rings. The summed E-state index contributed by atoms with van der Waals surface area (Å²) < 4.78 is 13.1. The third-order valence-electron chi connectivity index (χ3n) is 2.40. The summed E-state index contributed by atoms with van der Waals surface area (Å²) in [5, 5.41) is 0.867. The molecule has 0 aliphatic heterocycles. The van der Waals surface area contributed by atoms with Crippen molar-refractivity contribution >= 4 is 10.9 Å². The van der Waals surface area contributed by atoms with Crippen molar-refractivity contribution < 1.29 is 4.39 Å². The first-order valence-electron chi connectivity index (χ1n) is 4.96. The van der Waals surface area contributed by atoms with E-state index in [2.05, 4.69) is 4.98 Å². The van der Waals surface area contributed by atoms with Crippen molar-refractivity contribution in [3.05, 3.63) is 41.3 Å². The number of rotatable bonds is 2. The molecule has 0 aliphatic carbocycles. The molecule has 0 aliphatic rings. The molecule has 78 valence electrons. The number of aryl methyl sites for hydroxylation is 1. The maximum atomic E-state index is 13.1. The molecule has 0 bridgehead atoms. The van der Waals surface area contributed by atoms with Crippen LogP contribution in [0.2, 0.25) is 0 Å². The van der Waals surface area contributed by atoms with E-state index in [4.69, 9.17) is 5.73 Å². The molecule has 3 heteroatoms. The second kappa shape index (κ2) is 3.95. The van der Waals surface area contributed by atoms with Crippen LogP contribution in [-0.2, 0) is 6.42 Å². The minimum Gasteiger partial charge on any atom is -0.330 e. The third-order valence-corrected chi connectivity index (χ3v) is 2.40. The Hall–Kier alpha value is -1.48. The lowest BCUT2D eigenvalue weighted by molar-refractivity contribution is 0.629. The van der Waals surface area contributed by atoms with Gasteiger partial charge in [-0.2, -0.15) is 0 Å². The highest BCUT2D eigenvalue weighted by atomic mass is 19.1. The maximum Gasteiger partial charge on any atom is 0.123 e. The quantitative estimate of drug-likeness (QED) is 0.814. The van der Waals surface area contributed by atoms with Gasteiger partial charge in [0.15, 0.2) is 0 Å². The molecule has 1 aromatic heterocycles. The number of hydrogen-bond donors (Lipinski definition) is 1. The van der Waals surface area contributed by atoms with Gasteiger partial charge >= 0.3 is 0 Å². The molecule has 0 atom stereocenters. The first-order chi connectivity index (χ1) is 7.20. The first-order valence-corrected chi connectivity index (χ1v) is 4.96. The second-order valence-corrected chi connectivity index (χ2v) is 3.62. The van der Waals surface area contributed by atoms with Crippen molar-refractivity contribution in [1.29, 1.82) is 0 Å². The van der Waals surface area contributed by atoms with Gasteiger partial charge < -0.3 is 5.73 Å². The van der Waals surface area contributed by atoms with E-state index in [0.29, 0.717) is 6.54 Å². The van der Waals surface area contributed by atoms with Crippen LogP contribution in [-0.4, -0.2) is 11.5 Å². The van der Waals surface area contributed by atoms with Crippen molar-refractivity contribution in [1.82, 2.24) is 4.98 Å². The van der Waals surface area contributed by atoms with Crippen LogP contribution in [0.4, 0.5) is 4.39 Å². The van der Waals surface area contributed by atoms with E-state index in [1.165, 1.54) is 12.1 Å². The Morgan fingerprint density at radius 3 is 2.87 bits per heavy atom. The predicted molar refractivity (Wildman–Crippen MR) is 59.2 cm³/mol. The van der Waals surface area contributed by atoms with Crippen LogP contribution in [0.3, 0.4) is 0 Å². The lowest BCUT2D eigenvalue weighted by Gasteiger charge is -2.06. The summed E-state index contributed by atoms with van der Waals surface area (Å²) in [5.74, 6) is -0.230. The molecule has 0 spiro atoms. The Kier molecular flexibility index (Phi) is 2.64. The van der Waals surface area contributed by atoms with Gasteiger partial charge in [-0.3, -0.25) is 4.98 Å². The number of nitrogens with zero attached hydrogens (tertiary/aromatic N) is 1. The Morgan fingerprint density at radius 2 is 2.13 bits per heavy atom. The van der Waals surface area contributed by atoms with Crippen LogP contribution in [0.5, 0.6) is 0 Å². The van der Waals surface area contributed by atoms with Gasteiger partial charge in [0.2, 0.25) is 0 Å². The van der Waals surface area contributed by atoms with Crippen molar-refractivity contribution in [2.24, 2.45) is 5.73 Å². The molecule has 0 saturated carbocycles. The van der Waals surface area contributed by atoms with Gasteiger partial charge in [0.05, 0.1) is 5.52 Å². The van der Waals surface area contributed by atoms with Crippen LogP contribution in [0.15, 0.2) is 24.3 Å². The SMILES string of the molecule is Cc1cc(CCN)c2cc(F)ccc2n1. The minimum absolute atomic E-state index is 0.230. The number of benzene rings is 1. The first kappa shape index (κ1) is 10.1. The monoisotopic (exact) mass is 204 g/mol. The Morgan fingerprint density at radius 1 is 1.33 bits per heavy atom. The molecule has 2 nitrogen and oxygen atoms in total. The van der Waals surface area contributed by atoms with Crippen LogP contribution in [0.1, 0.15) is 11.3 Å². The van der Waals surface area contributed by atoms with E-state index in [-0.39, 0.29) is 5.82 Å². The van der Waals surface area contributed by atoms with Crippen molar-refractivity contribution in [3.63, 3.8) is 0 Å². The van der Waals surface area contributed by atoms with Crippen LogP contribution in [0.25, 0.3) is 10.9 Å². The average molecular weight is 204 g/mol. The largest absolute Gasteiger partial charge is 0.330 e. The van der Waals surface area contributed by atoms with Gasteiger partial charge in [-0.25, -0.2) is 4.39 Å². The molecule has 0 amide bonds. The molecular formula is C12H13FN2. The van der Waals surface area contributed by atoms with E-state index >= 15 is 0 Å². The fourth-order valence-corrected chi connectivity index (χ4v) is 1.78. The molecule has 1 aromatic carbocycles. The molecular weight excluding hydrogens is 191 g/mol. The van der Waals surface area contributed by atoms with Crippen molar-refractivity contribution in [3.8, 4) is 0 Å². The molecule has 1 heterocycles. The van der Waals surface area contributed by atoms with E-state index in [0.717, 1.165) is 28.6 Å². The highest BCUT2D eigenvalue weighted by Crippen LogP contribution is 2.19. The molecule has 2 rings (SSSR count). The zero-order chi connectivity index (χ0) is 10.8. The Bertz CT molecular complexity index is 494. The van der Waals surface area contributed by atoms with Crippen molar-refractivity contribution in [2.45, 2.75) is 13.3 Å².